The fourth-order valence-electron chi connectivity index (χ4n) is 2.78. The monoisotopic (exact) mass is 415 g/mol. The first-order valence-corrected chi connectivity index (χ1v) is 9.68. The number of nitrogens with two attached hydrogens (primary N) is 1. The second-order valence-corrected chi connectivity index (χ2v) is 7.66. The van der Waals surface area contributed by atoms with Gasteiger partial charge in [-0.1, -0.05) is 30.0 Å². The van der Waals surface area contributed by atoms with Crippen LogP contribution in [0.1, 0.15) is 12.5 Å². The Morgan fingerprint density at radius 1 is 1.28 bits per heavy atom. The van der Waals surface area contributed by atoms with Gasteiger partial charge < -0.3 is 20.6 Å². The molecule has 1 amide bonds. The fourth-order valence-corrected chi connectivity index (χ4v) is 3.57. The van der Waals surface area contributed by atoms with Crippen LogP contribution >= 0.6 is 11.8 Å². The summed E-state index contributed by atoms with van der Waals surface area (Å²) in [6.07, 6.45) is 0. The van der Waals surface area contributed by atoms with Crippen LogP contribution in [0.15, 0.2) is 47.6 Å². The van der Waals surface area contributed by atoms with Crippen molar-refractivity contribution in [3.05, 3.63) is 53.8 Å². The molecule has 8 nitrogen and oxygen atoms in total. The van der Waals surface area contributed by atoms with E-state index in [-0.39, 0.29) is 12.7 Å². The molecule has 3 N–H and O–H groups in total. The van der Waals surface area contributed by atoms with E-state index in [1.54, 1.807) is 19.1 Å². The third kappa shape index (κ3) is 4.11. The van der Waals surface area contributed by atoms with Gasteiger partial charge in [0.25, 0.3) is 0 Å². The quantitative estimate of drug-likeness (QED) is 0.470. The molecule has 0 bridgehead atoms. The Kier molecular flexibility index (Phi) is 5.26. The number of carbonyl (C=O) groups excluding carboxylic acids is 1. The van der Waals surface area contributed by atoms with E-state index in [0.717, 1.165) is 5.56 Å². The smallest absolute Gasteiger partial charge is 0.233 e. The molecule has 0 spiro atoms. The maximum absolute atomic E-state index is 13.4. The van der Waals surface area contributed by atoms with Crippen LogP contribution in [0.2, 0.25) is 0 Å². The molecule has 0 saturated heterocycles. The van der Waals surface area contributed by atoms with Crippen molar-refractivity contribution in [2.45, 2.75) is 23.9 Å². The summed E-state index contributed by atoms with van der Waals surface area (Å²) in [5, 5.41) is 10.8. The highest BCUT2D eigenvalue weighted by atomic mass is 32.2. The van der Waals surface area contributed by atoms with Crippen LogP contribution in [-0.2, 0) is 11.3 Å². The van der Waals surface area contributed by atoms with Crippen LogP contribution in [0.25, 0.3) is 11.4 Å². The van der Waals surface area contributed by atoms with Gasteiger partial charge in [0.05, 0.1) is 5.25 Å². The van der Waals surface area contributed by atoms with Crippen molar-refractivity contribution in [3.63, 3.8) is 0 Å². The fraction of sp³-hybridized carbons (Fsp3) is 0.211. The number of nitrogens with one attached hydrogen (secondary N) is 1. The molecule has 0 unspecified atom stereocenters. The number of carbonyl (C=O) groups is 1. The van der Waals surface area contributed by atoms with Crippen molar-refractivity contribution in [3.8, 4) is 22.9 Å². The lowest BCUT2D eigenvalue weighted by molar-refractivity contribution is -0.120. The molecule has 1 aliphatic rings. The highest BCUT2D eigenvalue weighted by Gasteiger charge is 2.20. The van der Waals surface area contributed by atoms with Gasteiger partial charge in [-0.2, -0.15) is 0 Å². The molecule has 2 aromatic carbocycles. The SMILES string of the molecule is C[C@H](Sc1nnc(-c2cccc(F)c2)n1N)C(=O)NCc1ccc2c(c1)OCO2. The number of rotatable bonds is 6. The zero-order valence-corrected chi connectivity index (χ0v) is 16.3. The van der Waals surface area contributed by atoms with E-state index >= 15 is 0 Å². The average Bonchev–Trinajstić information content (AvgIpc) is 3.32. The maximum Gasteiger partial charge on any atom is 0.233 e. The molecule has 2 heterocycles. The van der Waals surface area contributed by atoms with Crippen molar-refractivity contribution in [1.29, 1.82) is 0 Å². The predicted octanol–water partition coefficient (Wildman–Crippen LogP) is 2.32. The summed E-state index contributed by atoms with van der Waals surface area (Å²) in [7, 11) is 0. The van der Waals surface area contributed by atoms with Crippen molar-refractivity contribution in [1.82, 2.24) is 20.2 Å². The third-order valence-corrected chi connectivity index (χ3v) is 5.36. The van der Waals surface area contributed by atoms with Crippen LogP contribution in [-0.4, -0.2) is 32.8 Å². The normalized spacial score (nSPS) is 13.3. The molecule has 10 heteroatoms. The van der Waals surface area contributed by atoms with Crippen LogP contribution in [0.5, 0.6) is 11.5 Å². The van der Waals surface area contributed by atoms with E-state index in [4.69, 9.17) is 15.3 Å². The van der Waals surface area contributed by atoms with Gasteiger partial charge in [-0.15, -0.1) is 10.2 Å². The van der Waals surface area contributed by atoms with Gasteiger partial charge in [-0.05, 0) is 36.8 Å². The molecular weight excluding hydrogens is 397 g/mol. The molecule has 0 aliphatic carbocycles. The summed E-state index contributed by atoms with van der Waals surface area (Å²) < 4.78 is 25.3. The molecule has 1 atom stereocenters. The van der Waals surface area contributed by atoms with Gasteiger partial charge in [-0.25, -0.2) is 9.07 Å². The number of nitrogens with zero attached hydrogens (tertiary/aromatic N) is 3. The number of hydrogen-bond donors (Lipinski definition) is 2. The standard InChI is InChI=1S/C19H18FN5O3S/c1-11(18(26)22-9-12-5-6-15-16(7-12)28-10-27-15)29-19-24-23-17(25(19)21)13-3-2-4-14(20)8-13/h2-8,11H,9-10,21H2,1H3,(H,22,26)/t11-/m0/s1. The molecule has 0 radical (unpaired) electrons. The number of halogens is 1. The number of ether oxygens (including phenoxy) is 2. The number of benzene rings is 2. The minimum absolute atomic E-state index is 0.178. The number of amides is 1. The Labute approximate surface area is 170 Å². The lowest BCUT2D eigenvalue weighted by Crippen LogP contribution is -2.30. The summed E-state index contributed by atoms with van der Waals surface area (Å²) >= 11 is 1.17. The van der Waals surface area contributed by atoms with Crippen molar-refractivity contribution in [2.75, 3.05) is 12.6 Å². The van der Waals surface area contributed by atoms with Gasteiger partial charge in [0.1, 0.15) is 5.82 Å². The van der Waals surface area contributed by atoms with Crippen LogP contribution < -0.4 is 20.6 Å². The summed E-state index contributed by atoms with van der Waals surface area (Å²) in [5.41, 5.74) is 1.40. The molecule has 1 aliphatic heterocycles. The summed E-state index contributed by atoms with van der Waals surface area (Å²) in [6.45, 7) is 2.30. The van der Waals surface area contributed by atoms with E-state index in [2.05, 4.69) is 15.5 Å². The van der Waals surface area contributed by atoms with E-state index in [0.29, 0.717) is 34.6 Å². The average molecular weight is 415 g/mol. The lowest BCUT2D eigenvalue weighted by atomic mass is 10.2. The predicted molar refractivity (Wildman–Crippen MR) is 105 cm³/mol. The number of nitrogen functional groups attached to an aromatic ring is 1. The number of fused-ring (bicyclic) bond motifs is 1. The highest BCUT2D eigenvalue weighted by Crippen LogP contribution is 2.32. The Bertz CT molecular complexity index is 1060. The van der Waals surface area contributed by atoms with E-state index in [1.807, 2.05) is 18.2 Å². The first-order valence-electron chi connectivity index (χ1n) is 8.80. The third-order valence-electron chi connectivity index (χ3n) is 4.30. The first-order chi connectivity index (χ1) is 14.0. The van der Waals surface area contributed by atoms with Gasteiger partial charge in [0, 0.05) is 12.1 Å². The van der Waals surface area contributed by atoms with Crippen molar-refractivity contribution < 1.29 is 18.7 Å². The molecule has 29 heavy (non-hydrogen) atoms. The van der Waals surface area contributed by atoms with Crippen LogP contribution in [0.3, 0.4) is 0 Å². The van der Waals surface area contributed by atoms with Gasteiger partial charge in [0.15, 0.2) is 17.3 Å². The Hall–Kier alpha value is -3.27. The van der Waals surface area contributed by atoms with Gasteiger partial charge in [0.2, 0.25) is 17.9 Å². The van der Waals surface area contributed by atoms with Gasteiger partial charge >= 0.3 is 0 Å². The second-order valence-electron chi connectivity index (χ2n) is 6.35. The minimum atomic E-state index is -0.462. The molecular formula is C19H18FN5O3S. The van der Waals surface area contributed by atoms with Crippen LogP contribution in [0.4, 0.5) is 4.39 Å². The van der Waals surface area contributed by atoms with Gasteiger partial charge in [-0.3, -0.25) is 4.79 Å². The van der Waals surface area contributed by atoms with Crippen LogP contribution in [0, 0.1) is 5.82 Å². The van der Waals surface area contributed by atoms with Crippen molar-refractivity contribution >= 4 is 17.7 Å². The Morgan fingerprint density at radius 3 is 2.93 bits per heavy atom. The lowest BCUT2D eigenvalue weighted by Gasteiger charge is -2.12. The molecule has 4 rings (SSSR count). The summed E-state index contributed by atoms with van der Waals surface area (Å²) in [6, 6.07) is 11.4. The summed E-state index contributed by atoms with van der Waals surface area (Å²) in [5.74, 6) is 7.15. The molecule has 0 fully saturated rings. The number of hydrogen-bond acceptors (Lipinski definition) is 7. The summed E-state index contributed by atoms with van der Waals surface area (Å²) in [4.78, 5) is 12.5. The number of aromatic nitrogens is 3. The highest BCUT2D eigenvalue weighted by molar-refractivity contribution is 8.00. The maximum atomic E-state index is 13.4. The number of thioether (sulfide) groups is 1. The Balaban J connectivity index is 1.37. The molecule has 3 aromatic rings. The zero-order valence-electron chi connectivity index (χ0n) is 15.5. The van der Waals surface area contributed by atoms with E-state index in [1.165, 1.54) is 28.6 Å². The minimum Gasteiger partial charge on any atom is -0.454 e. The zero-order chi connectivity index (χ0) is 20.4. The topological polar surface area (TPSA) is 104 Å². The first kappa shape index (κ1) is 19.1. The molecule has 1 aromatic heterocycles. The molecule has 150 valence electrons. The Morgan fingerprint density at radius 2 is 2.10 bits per heavy atom. The van der Waals surface area contributed by atoms with Crippen molar-refractivity contribution in [2.24, 2.45) is 0 Å². The van der Waals surface area contributed by atoms with E-state index < -0.39 is 11.1 Å². The second kappa shape index (κ2) is 8.00. The van der Waals surface area contributed by atoms with E-state index in [9.17, 15) is 9.18 Å². The largest absolute Gasteiger partial charge is 0.454 e. The molecule has 0 saturated carbocycles.